The summed E-state index contributed by atoms with van der Waals surface area (Å²) in [5.41, 5.74) is 3.51. The van der Waals surface area contributed by atoms with Gasteiger partial charge >= 0.3 is 7.05 Å². The summed E-state index contributed by atoms with van der Waals surface area (Å²) in [7, 11) is -0.400. The molecule has 0 amide bonds. The molecule has 2 saturated heterocycles. The number of hydrogen-bond acceptors (Lipinski definition) is 6. The van der Waals surface area contributed by atoms with E-state index in [0.717, 1.165) is 56.0 Å². The van der Waals surface area contributed by atoms with Crippen LogP contribution in [0.1, 0.15) is 36.1 Å². The van der Waals surface area contributed by atoms with E-state index in [1.54, 1.807) is 0 Å². The molecule has 7 heteroatoms. The van der Waals surface area contributed by atoms with Crippen molar-refractivity contribution in [2.45, 2.75) is 25.6 Å². The summed E-state index contributed by atoms with van der Waals surface area (Å²) < 4.78 is 6.05. The van der Waals surface area contributed by atoms with Gasteiger partial charge in [0.05, 0.1) is 5.92 Å². The molecule has 0 atom stereocenters. The van der Waals surface area contributed by atoms with Crippen molar-refractivity contribution in [2.24, 2.45) is 0 Å². The molecule has 0 radical (unpaired) electrons. The highest BCUT2D eigenvalue weighted by Crippen LogP contribution is 2.33. The maximum atomic E-state index is 9.80. The molecular weight excluding hydrogens is 315 g/mol. The predicted molar refractivity (Wildman–Crippen MR) is 97.0 cm³/mol. The summed E-state index contributed by atoms with van der Waals surface area (Å²) >= 11 is 0. The topological polar surface area (TPSA) is 74.4 Å². The van der Waals surface area contributed by atoms with Crippen molar-refractivity contribution in [3.8, 4) is 0 Å². The van der Waals surface area contributed by atoms with Crippen molar-refractivity contribution in [2.75, 3.05) is 26.2 Å². The largest absolute Gasteiger partial charge is 0.437 e. The van der Waals surface area contributed by atoms with Gasteiger partial charge in [0.1, 0.15) is 0 Å². The standard InChI is InChI=1S/C18H23BN4O2/c1-19(24)23-9-7-14(8-10-23)16(13-5-3-2-4-6-13)18-22-21-17(25-18)15-11-20-12-15/h2-6,15,20,24H,7-12H2,1H3. The van der Waals surface area contributed by atoms with E-state index in [1.165, 1.54) is 5.57 Å². The first-order valence-electron chi connectivity index (χ1n) is 8.96. The van der Waals surface area contributed by atoms with E-state index in [4.69, 9.17) is 4.42 Å². The van der Waals surface area contributed by atoms with Crippen molar-refractivity contribution < 1.29 is 9.44 Å². The highest BCUT2D eigenvalue weighted by Gasteiger charge is 2.28. The molecule has 0 unspecified atom stereocenters. The van der Waals surface area contributed by atoms with Gasteiger partial charge in [-0.1, -0.05) is 35.9 Å². The van der Waals surface area contributed by atoms with Crippen LogP contribution in [0.5, 0.6) is 0 Å². The molecule has 130 valence electrons. The summed E-state index contributed by atoms with van der Waals surface area (Å²) in [5.74, 6) is 1.68. The first-order valence-corrected chi connectivity index (χ1v) is 8.96. The Hall–Kier alpha value is -1.96. The van der Waals surface area contributed by atoms with Crippen LogP contribution in [0, 0.1) is 0 Å². The van der Waals surface area contributed by atoms with Crippen LogP contribution in [0.4, 0.5) is 0 Å². The molecule has 2 N–H and O–H groups in total. The zero-order valence-electron chi connectivity index (χ0n) is 14.5. The number of benzene rings is 1. The van der Waals surface area contributed by atoms with E-state index in [1.807, 2.05) is 25.0 Å². The second kappa shape index (κ2) is 7.11. The molecule has 1 aromatic heterocycles. The molecule has 0 bridgehead atoms. The number of rotatable bonds is 4. The van der Waals surface area contributed by atoms with Gasteiger partial charge in [0.25, 0.3) is 0 Å². The van der Waals surface area contributed by atoms with E-state index >= 15 is 0 Å². The lowest BCUT2D eigenvalue weighted by Gasteiger charge is -2.30. The molecule has 4 rings (SSSR count). The van der Waals surface area contributed by atoms with Gasteiger partial charge in [-0.2, -0.15) is 0 Å². The van der Waals surface area contributed by atoms with Gasteiger partial charge in [0, 0.05) is 18.7 Å². The number of aromatic nitrogens is 2. The Balaban J connectivity index is 1.68. The van der Waals surface area contributed by atoms with Crippen molar-refractivity contribution in [3.63, 3.8) is 0 Å². The van der Waals surface area contributed by atoms with Crippen LogP contribution < -0.4 is 5.32 Å². The summed E-state index contributed by atoms with van der Waals surface area (Å²) in [6, 6.07) is 10.3. The van der Waals surface area contributed by atoms with Crippen LogP contribution in [0.2, 0.25) is 6.82 Å². The Labute approximate surface area is 148 Å². The van der Waals surface area contributed by atoms with Crippen LogP contribution in [0.15, 0.2) is 40.3 Å². The third-order valence-corrected chi connectivity index (χ3v) is 5.13. The zero-order chi connectivity index (χ0) is 17.2. The molecule has 0 spiro atoms. The second-order valence-corrected chi connectivity index (χ2v) is 6.81. The fourth-order valence-electron chi connectivity index (χ4n) is 3.47. The zero-order valence-corrected chi connectivity index (χ0v) is 14.5. The third kappa shape index (κ3) is 3.40. The van der Waals surface area contributed by atoms with Gasteiger partial charge in [-0.15, -0.1) is 10.2 Å². The smallest absolute Gasteiger partial charge is 0.376 e. The molecule has 1 aromatic carbocycles. The maximum absolute atomic E-state index is 9.80. The van der Waals surface area contributed by atoms with Crippen molar-refractivity contribution in [1.29, 1.82) is 0 Å². The predicted octanol–water partition coefficient (Wildman–Crippen LogP) is 1.76. The Bertz CT molecular complexity index is 745. The minimum absolute atomic E-state index is 0.334. The van der Waals surface area contributed by atoms with E-state index in [-0.39, 0.29) is 0 Å². The molecule has 6 nitrogen and oxygen atoms in total. The number of nitrogens with one attached hydrogen (secondary N) is 1. The minimum Gasteiger partial charge on any atom is -0.437 e. The first kappa shape index (κ1) is 16.5. The Morgan fingerprint density at radius 3 is 2.52 bits per heavy atom. The Kier molecular flexibility index (Phi) is 4.70. The van der Waals surface area contributed by atoms with E-state index in [2.05, 4.69) is 32.5 Å². The number of hydrogen-bond donors (Lipinski definition) is 2. The fourth-order valence-corrected chi connectivity index (χ4v) is 3.47. The molecule has 0 aliphatic carbocycles. The van der Waals surface area contributed by atoms with Crippen molar-refractivity contribution in [1.82, 2.24) is 20.3 Å². The summed E-state index contributed by atoms with van der Waals surface area (Å²) in [6.07, 6.45) is 1.80. The van der Waals surface area contributed by atoms with Crippen LogP contribution in [-0.4, -0.2) is 53.3 Å². The average Bonchev–Trinajstić information content (AvgIpc) is 3.04. The van der Waals surface area contributed by atoms with Gasteiger partial charge in [-0.25, -0.2) is 0 Å². The normalized spacial score (nSPS) is 18.9. The summed E-state index contributed by atoms with van der Waals surface area (Å²) in [6.45, 7) is 5.32. The fraction of sp³-hybridized carbons (Fsp3) is 0.444. The third-order valence-electron chi connectivity index (χ3n) is 5.13. The van der Waals surface area contributed by atoms with Crippen LogP contribution >= 0.6 is 0 Å². The van der Waals surface area contributed by atoms with Gasteiger partial charge in [-0.3, -0.25) is 0 Å². The van der Waals surface area contributed by atoms with Gasteiger partial charge in [0.2, 0.25) is 11.8 Å². The van der Waals surface area contributed by atoms with E-state index in [9.17, 15) is 5.02 Å². The highest BCUT2D eigenvalue weighted by molar-refractivity contribution is 6.45. The Morgan fingerprint density at radius 2 is 1.92 bits per heavy atom. The lowest BCUT2D eigenvalue weighted by Crippen LogP contribution is -2.41. The van der Waals surface area contributed by atoms with Crippen molar-refractivity contribution in [3.05, 3.63) is 53.2 Å². The molecule has 2 aliphatic heterocycles. The quantitative estimate of drug-likeness (QED) is 0.828. The Morgan fingerprint density at radius 1 is 1.20 bits per heavy atom. The van der Waals surface area contributed by atoms with Gasteiger partial charge in [-0.05, 0) is 38.3 Å². The van der Waals surface area contributed by atoms with Gasteiger partial charge < -0.3 is 19.6 Å². The SMILES string of the molecule is CB(O)N1CCC(=C(c2ccccc2)c2nnc(C3CNC3)o2)CC1. The molecule has 2 aromatic rings. The van der Waals surface area contributed by atoms with Crippen LogP contribution in [-0.2, 0) is 0 Å². The maximum Gasteiger partial charge on any atom is 0.376 e. The summed E-state index contributed by atoms with van der Waals surface area (Å²) in [5, 5.41) is 21.7. The minimum atomic E-state index is -0.400. The first-order chi connectivity index (χ1) is 12.2. The molecule has 25 heavy (non-hydrogen) atoms. The lowest BCUT2D eigenvalue weighted by atomic mass is 9.81. The monoisotopic (exact) mass is 338 g/mol. The molecule has 3 heterocycles. The number of piperidine rings is 1. The molecule has 2 fully saturated rings. The van der Waals surface area contributed by atoms with Gasteiger partial charge in [0.15, 0.2) is 0 Å². The second-order valence-electron chi connectivity index (χ2n) is 6.81. The van der Waals surface area contributed by atoms with E-state index < -0.39 is 7.05 Å². The number of nitrogens with zero attached hydrogens (tertiary/aromatic N) is 3. The average molecular weight is 338 g/mol. The molecular formula is C18H23BN4O2. The van der Waals surface area contributed by atoms with Crippen LogP contribution in [0.25, 0.3) is 5.57 Å². The highest BCUT2D eigenvalue weighted by atomic mass is 16.4. The lowest BCUT2D eigenvalue weighted by molar-refractivity contribution is 0.344. The van der Waals surface area contributed by atoms with Crippen molar-refractivity contribution >= 4 is 12.6 Å². The molecule has 2 aliphatic rings. The molecule has 0 saturated carbocycles. The summed E-state index contributed by atoms with van der Waals surface area (Å²) in [4.78, 5) is 2.09. The van der Waals surface area contributed by atoms with E-state index in [0.29, 0.717) is 11.8 Å². The van der Waals surface area contributed by atoms with Crippen LogP contribution in [0.3, 0.4) is 0 Å².